The second-order valence-corrected chi connectivity index (χ2v) is 9.58. The molecular weight excluding hydrogens is 312 g/mol. The molecule has 1 aliphatic rings. The molecular formula is C17H26N2O3S. The molecule has 5 nitrogen and oxygen atoms in total. The third-order valence-electron chi connectivity index (χ3n) is 4.26. The number of hydrogen-bond donors (Lipinski definition) is 1. The SMILES string of the molecule is CN(CC(=O)Nc1ccc(C(C)(C)C)cc1)[C@H]1CCS(=O)(=O)C1. The van der Waals surface area contributed by atoms with Gasteiger partial charge in [-0.05, 0) is 36.6 Å². The second kappa shape index (κ2) is 6.61. The molecule has 1 N–H and O–H groups in total. The molecule has 23 heavy (non-hydrogen) atoms. The molecule has 1 atom stereocenters. The van der Waals surface area contributed by atoms with Crippen LogP contribution in [0.1, 0.15) is 32.8 Å². The Kier molecular flexibility index (Phi) is 5.16. The van der Waals surface area contributed by atoms with Gasteiger partial charge in [0.1, 0.15) is 0 Å². The smallest absolute Gasteiger partial charge is 0.238 e. The van der Waals surface area contributed by atoms with Crippen LogP contribution in [0.3, 0.4) is 0 Å². The predicted molar refractivity (Wildman–Crippen MR) is 93.5 cm³/mol. The molecule has 0 spiro atoms. The fourth-order valence-corrected chi connectivity index (χ4v) is 4.54. The van der Waals surface area contributed by atoms with E-state index in [0.717, 1.165) is 5.69 Å². The molecule has 6 heteroatoms. The van der Waals surface area contributed by atoms with E-state index in [9.17, 15) is 13.2 Å². The zero-order chi connectivity index (χ0) is 17.3. The van der Waals surface area contributed by atoms with Crippen molar-refractivity contribution >= 4 is 21.4 Å². The fraction of sp³-hybridized carbons (Fsp3) is 0.588. The second-order valence-electron chi connectivity index (χ2n) is 7.35. The highest BCUT2D eigenvalue weighted by Crippen LogP contribution is 2.23. The number of anilines is 1. The summed E-state index contributed by atoms with van der Waals surface area (Å²) in [7, 11) is -1.13. The maximum Gasteiger partial charge on any atom is 0.238 e. The summed E-state index contributed by atoms with van der Waals surface area (Å²) in [6.45, 7) is 6.63. The molecule has 0 unspecified atom stereocenters. The van der Waals surface area contributed by atoms with Gasteiger partial charge in [0.25, 0.3) is 0 Å². The molecule has 0 aliphatic carbocycles. The van der Waals surface area contributed by atoms with E-state index in [1.165, 1.54) is 5.56 Å². The summed E-state index contributed by atoms with van der Waals surface area (Å²) in [6.07, 6.45) is 0.604. The Hall–Kier alpha value is -1.40. The summed E-state index contributed by atoms with van der Waals surface area (Å²) in [5.74, 6) is 0.245. The van der Waals surface area contributed by atoms with Crippen LogP contribution in [-0.2, 0) is 20.0 Å². The van der Waals surface area contributed by atoms with Crippen LogP contribution in [0.2, 0.25) is 0 Å². The third kappa shape index (κ3) is 5.04. The van der Waals surface area contributed by atoms with Crippen LogP contribution in [0.15, 0.2) is 24.3 Å². The number of benzene rings is 1. The van der Waals surface area contributed by atoms with Gasteiger partial charge in [0.2, 0.25) is 5.91 Å². The van der Waals surface area contributed by atoms with E-state index in [1.54, 1.807) is 7.05 Å². The fourth-order valence-electron chi connectivity index (χ4n) is 2.73. The summed E-state index contributed by atoms with van der Waals surface area (Å²) in [4.78, 5) is 13.9. The van der Waals surface area contributed by atoms with Crippen LogP contribution in [0, 0.1) is 0 Å². The lowest BCUT2D eigenvalue weighted by Gasteiger charge is -2.22. The number of carbonyl (C=O) groups excluding carboxylic acids is 1. The van der Waals surface area contributed by atoms with Crippen molar-refractivity contribution in [3.05, 3.63) is 29.8 Å². The molecule has 1 aromatic rings. The van der Waals surface area contributed by atoms with Gasteiger partial charge in [0.15, 0.2) is 9.84 Å². The van der Waals surface area contributed by atoms with Crippen LogP contribution in [0.25, 0.3) is 0 Å². The molecule has 0 radical (unpaired) electrons. The normalized spacial score (nSPS) is 20.7. The third-order valence-corrected chi connectivity index (χ3v) is 6.01. The predicted octanol–water partition coefficient (Wildman–Crippen LogP) is 2.04. The maximum atomic E-state index is 12.1. The van der Waals surface area contributed by atoms with E-state index in [4.69, 9.17) is 0 Å². The molecule has 1 fully saturated rings. The Labute approximate surface area is 139 Å². The number of sulfone groups is 1. The molecule has 1 aliphatic heterocycles. The highest BCUT2D eigenvalue weighted by Gasteiger charge is 2.31. The van der Waals surface area contributed by atoms with E-state index >= 15 is 0 Å². The average molecular weight is 338 g/mol. The Morgan fingerprint density at radius 1 is 1.26 bits per heavy atom. The van der Waals surface area contributed by atoms with Crippen LogP contribution < -0.4 is 5.32 Å². The van der Waals surface area contributed by atoms with Crippen LogP contribution in [-0.4, -0.2) is 50.4 Å². The number of nitrogens with zero attached hydrogens (tertiary/aromatic N) is 1. The zero-order valence-electron chi connectivity index (χ0n) is 14.3. The minimum atomic E-state index is -2.93. The lowest BCUT2D eigenvalue weighted by Crippen LogP contribution is -2.38. The quantitative estimate of drug-likeness (QED) is 0.912. The molecule has 1 amide bonds. The van der Waals surface area contributed by atoms with E-state index in [1.807, 2.05) is 29.2 Å². The first-order valence-corrected chi connectivity index (χ1v) is 9.70. The lowest BCUT2D eigenvalue weighted by molar-refractivity contribution is -0.117. The minimum absolute atomic E-state index is 0.0611. The van der Waals surface area contributed by atoms with Gasteiger partial charge in [-0.15, -0.1) is 0 Å². The minimum Gasteiger partial charge on any atom is -0.325 e. The van der Waals surface area contributed by atoms with Crippen molar-refractivity contribution in [3.63, 3.8) is 0 Å². The van der Waals surface area contributed by atoms with E-state index < -0.39 is 9.84 Å². The van der Waals surface area contributed by atoms with Crippen molar-refractivity contribution in [3.8, 4) is 0 Å². The first-order valence-electron chi connectivity index (χ1n) is 7.88. The Morgan fingerprint density at radius 2 is 1.87 bits per heavy atom. The first-order chi connectivity index (χ1) is 10.6. The number of rotatable bonds is 4. The first kappa shape index (κ1) is 17.9. The van der Waals surface area contributed by atoms with Crippen molar-refractivity contribution in [1.82, 2.24) is 4.90 Å². The van der Waals surface area contributed by atoms with Gasteiger partial charge >= 0.3 is 0 Å². The summed E-state index contributed by atoms with van der Waals surface area (Å²) in [6, 6.07) is 7.77. The van der Waals surface area contributed by atoms with Gasteiger partial charge in [-0.25, -0.2) is 8.42 Å². The van der Waals surface area contributed by atoms with Gasteiger partial charge in [0.05, 0.1) is 18.1 Å². The Morgan fingerprint density at radius 3 is 2.35 bits per heavy atom. The molecule has 0 bridgehead atoms. The highest BCUT2D eigenvalue weighted by atomic mass is 32.2. The number of hydrogen-bond acceptors (Lipinski definition) is 4. The number of likely N-dealkylation sites (N-methyl/N-ethyl adjacent to an activating group) is 1. The Bertz CT molecular complexity index is 660. The molecule has 1 saturated heterocycles. The summed E-state index contributed by atoms with van der Waals surface area (Å²) >= 11 is 0. The molecule has 1 aromatic carbocycles. The number of amides is 1. The van der Waals surface area contributed by atoms with Crippen LogP contribution in [0.5, 0.6) is 0 Å². The van der Waals surface area contributed by atoms with Gasteiger partial charge in [-0.2, -0.15) is 0 Å². The van der Waals surface area contributed by atoms with Crippen molar-refractivity contribution in [1.29, 1.82) is 0 Å². The number of carbonyl (C=O) groups is 1. The molecule has 2 rings (SSSR count). The number of nitrogens with one attached hydrogen (secondary N) is 1. The molecule has 1 heterocycles. The van der Waals surface area contributed by atoms with Crippen molar-refractivity contribution in [2.45, 2.75) is 38.6 Å². The summed E-state index contributed by atoms with van der Waals surface area (Å²) < 4.78 is 23.0. The van der Waals surface area contributed by atoms with Crippen molar-refractivity contribution in [2.75, 3.05) is 30.4 Å². The Balaban J connectivity index is 1.90. The van der Waals surface area contributed by atoms with Crippen LogP contribution in [0.4, 0.5) is 5.69 Å². The van der Waals surface area contributed by atoms with Gasteiger partial charge in [-0.3, -0.25) is 9.69 Å². The molecule has 128 valence electrons. The molecule has 0 aromatic heterocycles. The van der Waals surface area contributed by atoms with Gasteiger partial charge in [0, 0.05) is 11.7 Å². The zero-order valence-corrected chi connectivity index (χ0v) is 15.1. The lowest BCUT2D eigenvalue weighted by atomic mass is 9.87. The van der Waals surface area contributed by atoms with Gasteiger partial charge in [-0.1, -0.05) is 32.9 Å². The van der Waals surface area contributed by atoms with Gasteiger partial charge < -0.3 is 5.32 Å². The monoisotopic (exact) mass is 338 g/mol. The van der Waals surface area contributed by atoms with Crippen molar-refractivity contribution < 1.29 is 13.2 Å². The largest absolute Gasteiger partial charge is 0.325 e. The van der Waals surface area contributed by atoms with Crippen molar-refractivity contribution in [2.24, 2.45) is 0 Å². The summed E-state index contributed by atoms with van der Waals surface area (Å²) in [5.41, 5.74) is 2.05. The maximum absolute atomic E-state index is 12.1. The van der Waals surface area contributed by atoms with E-state index in [-0.39, 0.29) is 35.4 Å². The highest BCUT2D eigenvalue weighted by molar-refractivity contribution is 7.91. The standard InChI is InChI=1S/C17H26N2O3S/c1-17(2,3)13-5-7-14(8-6-13)18-16(20)11-19(4)15-9-10-23(21,22)12-15/h5-8,15H,9-12H2,1-4H3,(H,18,20)/t15-/m0/s1. The van der Waals surface area contributed by atoms with Crippen LogP contribution >= 0.6 is 0 Å². The molecule has 0 saturated carbocycles. The van der Waals surface area contributed by atoms with E-state index in [0.29, 0.717) is 6.42 Å². The van der Waals surface area contributed by atoms with E-state index in [2.05, 4.69) is 26.1 Å². The summed E-state index contributed by atoms with van der Waals surface area (Å²) in [5, 5.41) is 2.87. The average Bonchev–Trinajstić information content (AvgIpc) is 2.78. The topological polar surface area (TPSA) is 66.5 Å².